The van der Waals surface area contributed by atoms with Gasteiger partial charge in [0.05, 0.1) is 11.1 Å². The molecule has 24 heavy (non-hydrogen) atoms. The van der Waals surface area contributed by atoms with E-state index in [1.807, 2.05) is 10.3 Å². The Bertz CT molecular complexity index is 898. The van der Waals surface area contributed by atoms with E-state index in [2.05, 4.69) is 9.97 Å². The van der Waals surface area contributed by atoms with E-state index < -0.39 is 38.1 Å². The molecule has 0 fully saturated rings. The number of carboxylic acid groups (broad SMARTS) is 1. The molecule has 0 saturated heterocycles. The summed E-state index contributed by atoms with van der Waals surface area (Å²) >= 11 is 0. The molecule has 1 amide bonds. The minimum absolute atomic E-state index is 0.0961. The summed E-state index contributed by atoms with van der Waals surface area (Å²) in [5.74, 6) is -2.91. The minimum atomic E-state index is -4.27. The molecule has 0 spiro atoms. The molecule has 1 aromatic heterocycles. The summed E-state index contributed by atoms with van der Waals surface area (Å²) in [6, 6.07) is 1.80. The smallest absolute Gasteiger partial charge is 0.339 e. The second-order valence-corrected chi connectivity index (χ2v) is 6.24. The molecule has 0 aliphatic carbocycles. The van der Waals surface area contributed by atoms with Gasteiger partial charge in [-0.05, 0) is 24.6 Å². The number of phenols is 1. The number of aromatic carboxylic acids is 1. The van der Waals surface area contributed by atoms with E-state index in [-0.39, 0.29) is 11.3 Å². The number of aromatic hydroxyl groups is 1. The molecule has 0 saturated carbocycles. The van der Waals surface area contributed by atoms with Gasteiger partial charge in [-0.1, -0.05) is 0 Å². The van der Waals surface area contributed by atoms with E-state index in [9.17, 15) is 23.1 Å². The Balaban J connectivity index is 2.26. The van der Waals surface area contributed by atoms with E-state index >= 15 is 0 Å². The fraction of sp³-hybridized carbons (Fsp3) is 0.0769. The fourth-order valence-corrected chi connectivity index (χ4v) is 2.88. The van der Waals surface area contributed by atoms with Gasteiger partial charge in [-0.25, -0.2) is 18.2 Å². The number of amides is 1. The molecule has 0 radical (unpaired) electrons. The van der Waals surface area contributed by atoms with Crippen molar-refractivity contribution in [1.29, 1.82) is 0 Å². The van der Waals surface area contributed by atoms with Crippen molar-refractivity contribution in [2.45, 2.75) is 11.8 Å². The van der Waals surface area contributed by atoms with Gasteiger partial charge in [0.15, 0.2) is 0 Å². The second-order valence-electron chi connectivity index (χ2n) is 4.59. The van der Waals surface area contributed by atoms with Crippen LogP contribution in [0.25, 0.3) is 0 Å². The first-order chi connectivity index (χ1) is 11.2. The highest BCUT2D eigenvalue weighted by molar-refractivity contribution is 7.89. The Kier molecular flexibility index (Phi) is 4.76. The predicted molar refractivity (Wildman–Crippen MR) is 79.6 cm³/mol. The minimum Gasteiger partial charge on any atom is -0.507 e. The van der Waals surface area contributed by atoms with Crippen LogP contribution in [0.15, 0.2) is 35.6 Å². The number of carboxylic acids is 1. The van der Waals surface area contributed by atoms with Crippen LogP contribution in [0.1, 0.15) is 26.4 Å². The predicted octanol–water partition coefficient (Wildman–Crippen LogP) is -0.188. The van der Waals surface area contributed by atoms with Gasteiger partial charge in [0.2, 0.25) is 0 Å². The average Bonchev–Trinajstić information content (AvgIpc) is 2.53. The van der Waals surface area contributed by atoms with Crippen molar-refractivity contribution >= 4 is 21.9 Å². The van der Waals surface area contributed by atoms with Crippen molar-refractivity contribution in [3.63, 3.8) is 0 Å². The van der Waals surface area contributed by atoms with Crippen molar-refractivity contribution in [3.8, 4) is 5.75 Å². The van der Waals surface area contributed by atoms with E-state index in [0.29, 0.717) is 0 Å². The lowest BCUT2D eigenvalue weighted by Gasteiger charge is -2.11. The van der Waals surface area contributed by atoms with Crippen molar-refractivity contribution < 1.29 is 28.2 Å². The fourth-order valence-electron chi connectivity index (χ4n) is 1.78. The maximum atomic E-state index is 12.2. The highest BCUT2D eigenvalue weighted by Crippen LogP contribution is 2.25. The van der Waals surface area contributed by atoms with E-state index in [4.69, 9.17) is 5.11 Å². The van der Waals surface area contributed by atoms with Gasteiger partial charge < -0.3 is 10.2 Å². The van der Waals surface area contributed by atoms with Gasteiger partial charge in [-0.15, -0.1) is 4.83 Å². The maximum absolute atomic E-state index is 12.2. The Hall–Kier alpha value is -3.05. The number of carbonyl (C=O) groups excluding carboxylic acids is 1. The number of sulfonamides is 1. The number of nitrogens with one attached hydrogen (secondary N) is 2. The Morgan fingerprint density at radius 1 is 1.21 bits per heavy atom. The second kappa shape index (κ2) is 6.60. The molecule has 0 aliphatic heterocycles. The summed E-state index contributed by atoms with van der Waals surface area (Å²) in [7, 11) is -4.27. The van der Waals surface area contributed by atoms with Gasteiger partial charge in [0.25, 0.3) is 15.9 Å². The third-order valence-electron chi connectivity index (χ3n) is 2.91. The number of carbonyl (C=O) groups is 2. The van der Waals surface area contributed by atoms with E-state index in [1.165, 1.54) is 19.3 Å². The zero-order chi connectivity index (χ0) is 17.9. The average molecular weight is 352 g/mol. The summed E-state index contributed by atoms with van der Waals surface area (Å²) in [4.78, 5) is 31.6. The molecule has 2 rings (SSSR count). The molecule has 1 aromatic carbocycles. The van der Waals surface area contributed by atoms with Crippen LogP contribution in [0.2, 0.25) is 0 Å². The topological polar surface area (TPSA) is 159 Å². The lowest BCUT2D eigenvalue weighted by atomic mass is 10.1. The third-order valence-corrected chi connectivity index (χ3v) is 4.30. The molecule has 11 heteroatoms. The summed E-state index contributed by atoms with van der Waals surface area (Å²) in [6.07, 6.45) is 3.73. The first-order valence-corrected chi connectivity index (χ1v) is 7.86. The maximum Gasteiger partial charge on any atom is 0.339 e. The summed E-state index contributed by atoms with van der Waals surface area (Å²) in [6.45, 7) is 1.37. The van der Waals surface area contributed by atoms with Crippen LogP contribution >= 0.6 is 0 Å². The quantitative estimate of drug-likeness (QED) is 0.539. The number of aryl methyl sites for hydroxylation is 1. The highest BCUT2D eigenvalue weighted by atomic mass is 32.2. The van der Waals surface area contributed by atoms with Crippen LogP contribution in [-0.4, -0.2) is 40.5 Å². The highest BCUT2D eigenvalue weighted by Gasteiger charge is 2.22. The summed E-state index contributed by atoms with van der Waals surface area (Å²) in [5, 5.41) is 18.5. The van der Waals surface area contributed by atoms with Crippen molar-refractivity contribution in [2.75, 3.05) is 0 Å². The van der Waals surface area contributed by atoms with Gasteiger partial charge in [-0.3, -0.25) is 15.2 Å². The van der Waals surface area contributed by atoms with Crippen LogP contribution in [-0.2, 0) is 10.0 Å². The van der Waals surface area contributed by atoms with Crippen molar-refractivity contribution in [1.82, 2.24) is 20.2 Å². The first kappa shape index (κ1) is 17.3. The first-order valence-electron chi connectivity index (χ1n) is 6.37. The standard InChI is InChI=1S/C13H12N4O6S/c1-7-4-10(18)8(13(20)21)5-11(7)24(22,23)17-16-12(19)9-6-14-2-3-15-9/h2-6,17-18H,1H3,(H,16,19)(H,20,21). The van der Waals surface area contributed by atoms with Gasteiger partial charge >= 0.3 is 5.97 Å². The number of benzene rings is 1. The summed E-state index contributed by atoms with van der Waals surface area (Å²) < 4.78 is 24.5. The van der Waals surface area contributed by atoms with Crippen molar-refractivity contribution in [2.24, 2.45) is 0 Å². The zero-order valence-electron chi connectivity index (χ0n) is 12.2. The molecule has 0 bridgehead atoms. The van der Waals surface area contributed by atoms with Gasteiger partial charge in [0.1, 0.15) is 17.0 Å². The molecule has 0 atom stereocenters. The van der Waals surface area contributed by atoms with Crippen LogP contribution < -0.4 is 10.3 Å². The molecule has 0 aliphatic rings. The number of aromatic nitrogens is 2. The van der Waals surface area contributed by atoms with E-state index in [1.54, 1.807) is 0 Å². The van der Waals surface area contributed by atoms with Crippen LogP contribution in [0.4, 0.5) is 0 Å². The normalized spacial score (nSPS) is 11.0. The van der Waals surface area contributed by atoms with Gasteiger partial charge in [-0.2, -0.15) is 0 Å². The van der Waals surface area contributed by atoms with Crippen LogP contribution in [0.3, 0.4) is 0 Å². The van der Waals surface area contributed by atoms with Crippen LogP contribution in [0, 0.1) is 6.92 Å². The summed E-state index contributed by atoms with van der Waals surface area (Å²) in [5.41, 5.74) is 1.34. The number of rotatable bonds is 5. The number of hydrogen-bond donors (Lipinski definition) is 4. The monoisotopic (exact) mass is 352 g/mol. The molecular formula is C13H12N4O6S. The molecular weight excluding hydrogens is 340 g/mol. The SMILES string of the molecule is Cc1cc(O)c(C(=O)O)cc1S(=O)(=O)NNC(=O)c1cnccn1. The lowest BCUT2D eigenvalue weighted by Crippen LogP contribution is -2.42. The molecule has 2 aromatic rings. The number of nitrogens with zero attached hydrogens (tertiary/aromatic N) is 2. The van der Waals surface area contributed by atoms with Crippen molar-refractivity contribution in [3.05, 3.63) is 47.5 Å². The Morgan fingerprint density at radius 2 is 1.92 bits per heavy atom. The van der Waals surface area contributed by atoms with Crippen LogP contribution in [0.5, 0.6) is 5.75 Å². The Morgan fingerprint density at radius 3 is 2.50 bits per heavy atom. The largest absolute Gasteiger partial charge is 0.507 e. The molecule has 1 heterocycles. The number of hydrazine groups is 1. The molecule has 0 unspecified atom stereocenters. The molecule has 10 nitrogen and oxygen atoms in total. The Labute approximate surface area is 136 Å². The molecule has 4 N–H and O–H groups in total. The van der Waals surface area contributed by atoms with Gasteiger partial charge in [0, 0.05) is 12.4 Å². The zero-order valence-corrected chi connectivity index (χ0v) is 13.0. The molecule has 126 valence electrons. The lowest BCUT2D eigenvalue weighted by molar-refractivity contribution is 0.0693. The van der Waals surface area contributed by atoms with E-state index in [0.717, 1.165) is 18.3 Å². The third kappa shape index (κ3) is 3.64. The number of hydrogen-bond acceptors (Lipinski definition) is 7.